The number of aliphatic carboxylic acids is 1. The molecule has 1 unspecified atom stereocenters. The van der Waals surface area contributed by atoms with Crippen LogP contribution in [0.1, 0.15) is 29.2 Å². The van der Waals surface area contributed by atoms with Crippen molar-refractivity contribution in [3.8, 4) is 5.75 Å². The topological polar surface area (TPSA) is 51.5 Å². The molecule has 1 atom stereocenters. The molecule has 8 heteroatoms. The fraction of sp³-hybridized carbons (Fsp3) is 0.286. The molecular formula is C21H19BrF3NO3. The molecular weight excluding hydrogens is 451 g/mol. The zero-order chi connectivity index (χ0) is 21.3. The van der Waals surface area contributed by atoms with Gasteiger partial charge in [0.25, 0.3) is 0 Å². The van der Waals surface area contributed by atoms with Gasteiger partial charge in [-0.3, -0.25) is 4.79 Å². The molecule has 1 N–H and O–H groups in total. The molecule has 154 valence electrons. The monoisotopic (exact) mass is 469 g/mol. The minimum absolute atomic E-state index is 0.167. The van der Waals surface area contributed by atoms with Gasteiger partial charge in [-0.2, -0.15) is 13.2 Å². The van der Waals surface area contributed by atoms with Crippen LogP contribution in [0.3, 0.4) is 0 Å². The molecule has 0 saturated carbocycles. The summed E-state index contributed by atoms with van der Waals surface area (Å²) in [7, 11) is 1.46. The highest BCUT2D eigenvalue weighted by Crippen LogP contribution is 2.39. The first kappa shape index (κ1) is 21.2. The van der Waals surface area contributed by atoms with E-state index in [1.165, 1.54) is 7.11 Å². The number of carbonyl (C=O) groups is 1. The normalized spacial score (nSPS) is 12.9. The highest BCUT2D eigenvalue weighted by Gasteiger charge is 2.38. The summed E-state index contributed by atoms with van der Waals surface area (Å²) in [6, 6.07) is 12.6. The van der Waals surface area contributed by atoms with Crippen LogP contribution in [0, 0.1) is 6.92 Å². The van der Waals surface area contributed by atoms with Crippen molar-refractivity contribution in [2.24, 2.45) is 0 Å². The van der Waals surface area contributed by atoms with Crippen LogP contribution >= 0.6 is 15.9 Å². The molecule has 2 aromatic carbocycles. The first-order valence-corrected chi connectivity index (χ1v) is 9.60. The number of rotatable bonds is 6. The van der Waals surface area contributed by atoms with Crippen molar-refractivity contribution < 1.29 is 27.8 Å². The summed E-state index contributed by atoms with van der Waals surface area (Å²) >= 11 is 3.38. The van der Waals surface area contributed by atoms with Crippen molar-refractivity contribution in [1.29, 1.82) is 0 Å². The number of ether oxygens (including phenoxy) is 1. The summed E-state index contributed by atoms with van der Waals surface area (Å²) in [5.41, 5.74) is 2.27. The molecule has 29 heavy (non-hydrogen) atoms. The van der Waals surface area contributed by atoms with Crippen LogP contribution in [-0.4, -0.2) is 28.9 Å². The number of carboxylic acids is 1. The number of halogens is 4. The lowest BCUT2D eigenvalue weighted by molar-refractivity contribution is -0.157. The van der Waals surface area contributed by atoms with E-state index in [-0.39, 0.29) is 5.56 Å². The maximum Gasteiger partial charge on any atom is 0.390 e. The summed E-state index contributed by atoms with van der Waals surface area (Å²) < 4.78 is 47.3. The van der Waals surface area contributed by atoms with E-state index in [0.29, 0.717) is 28.9 Å². The van der Waals surface area contributed by atoms with Gasteiger partial charge in [-0.25, -0.2) is 0 Å². The number of methoxy groups -OCH3 is 1. The number of aromatic nitrogens is 1. The van der Waals surface area contributed by atoms with Gasteiger partial charge < -0.3 is 14.4 Å². The van der Waals surface area contributed by atoms with Crippen LogP contribution in [0.25, 0.3) is 10.9 Å². The lowest BCUT2D eigenvalue weighted by Crippen LogP contribution is -2.21. The van der Waals surface area contributed by atoms with Gasteiger partial charge in [-0.05, 0) is 48.4 Å². The summed E-state index contributed by atoms with van der Waals surface area (Å²) in [6.45, 7) is 2.06. The van der Waals surface area contributed by atoms with Gasteiger partial charge in [0, 0.05) is 27.6 Å². The Labute approximate surface area is 174 Å². The van der Waals surface area contributed by atoms with Crippen molar-refractivity contribution in [3.63, 3.8) is 0 Å². The molecule has 1 heterocycles. The second-order valence-electron chi connectivity index (χ2n) is 6.80. The molecule has 4 nitrogen and oxygen atoms in total. The van der Waals surface area contributed by atoms with Crippen LogP contribution in [0.4, 0.5) is 13.2 Å². The van der Waals surface area contributed by atoms with E-state index >= 15 is 0 Å². The number of hydrogen-bond donors (Lipinski definition) is 1. The maximum atomic E-state index is 13.1. The van der Waals surface area contributed by atoms with E-state index in [4.69, 9.17) is 4.74 Å². The van der Waals surface area contributed by atoms with Crippen LogP contribution in [-0.2, 0) is 11.3 Å². The minimum Gasteiger partial charge on any atom is -0.497 e. The van der Waals surface area contributed by atoms with Gasteiger partial charge in [0.05, 0.1) is 19.4 Å². The number of alkyl halides is 3. The molecule has 0 radical (unpaired) electrons. The summed E-state index contributed by atoms with van der Waals surface area (Å²) in [5, 5.41) is 10.0. The molecule has 0 fully saturated rings. The Morgan fingerprint density at radius 2 is 1.86 bits per heavy atom. The predicted octanol–water partition coefficient (Wildman–Crippen LogP) is 5.89. The Morgan fingerprint density at radius 1 is 1.21 bits per heavy atom. The SMILES string of the molecule is COc1ccc2c(c1)c(C(CC(F)(F)F)C(=O)O)c(C)n2Cc1ccc(Br)cc1. The standard InChI is InChI=1S/C21H19BrF3NO3/c1-12-19(17(20(27)28)10-21(23,24)25)16-9-15(29-2)7-8-18(16)26(12)11-13-3-5-14(22)6-4-13/h3-9,17H,10-11H2,1-2H3,(H,27,28). The van der Waals surface area contributed by atoms with E-state index in [1.54, 1.807) is 25.1 Å². The first-order chi connectivity index (χ1) is 13.6. The van der Waals surface area contributed by atoms with Crippen molar-refractivity contribution >= 4 is 32.8 Å². The molecule has 0 saturated heterocycles. The summed E-state index contributed by atoms with van der Waals surface area (Å²) in [6.07, 6.45) is -6.04. The van der Waals surface area contributed by atoms with Crippen LogP contribution in [0.5, 0.6) is 5.75 Å². The Morgan fingerprint density at radius 3 is 2.41 bits per heavy atom. The molecule has 0 bridgehead atoms. The van der Waals surface area contributed by atoms with E-state index in [2.05, 4.69) is 15.9 Å². The van der Waals surface area contributed by atoms with Gasteiger partial charge in [-0.1, -0.05) is 28.1 Å². The van der Waals surface area contributed by atoms with E-state index in [0.717, 1.165) is 10.0 Å². The molecule has 0 spiro atoms. The average Bonchev–Trinajstić information content (AvgIpc) is 2.91. The molecule has 0 aliphatic carbocycles. The zero-order valence-corrected chi connectivity index (χ0v) is 17.3. The largest absolute Gasteiger partial charge is 0.497 e. The lowest BCUT2D eigenvalue weighted by Gasteiger charge is -2.16. The van der Waals surface area contributed by atoms with Gasteiger partial charge in [0.15, 0.2) is 0 Å². The number of nitrogens with zero attached hydrogens (tertiary/aromatic N) is 1. The molecule has 0 aliphatic rings. The maximum absolute atomic E-state index is 13.1. The second kappa shape index (κ2) is 8.10. The van der Waals surface area contributed by atoms with Gasteiger partial charge in [-0.15, -0.1) is 0 Å². The summed E-state index contributed by atoms with van der Waals surface area (Å²) in [5.74, 6) is -2.75. The number of benzene rings is 2. The molecule has 3 aromatic rings. The van der Waals surface area contributed by atoms with E-state index in [1.807, 2.05) is 28.8 Å². The lowest BCUT2D eigenvalue weighted by atomic mass is 9.93. The number of carboxylic acid groups (broad SMARTS) is 1. The van der Waals surface area contributed by atoms with Crippen molar-refractivity contribution in [3.05, 3.63) is 63.8 Å². The van der Waals surface area contributed by atoms with Crippen molar-refractivity contribution in [2.75, 3.05) is 7.11 Å². The Hall–Kier alpha value is -2.48. The quantitative estimate of drug-likeness (QED) is 0.489. The molecule has 0 amide bonds. The van der Waals surface area contributed by atoms with Crippen LogP contribution in [0.2, 0.25) is 0 Å². The fourth-order valence-corrected chi connectivity index (χ4v) is 3.84. The highest BCUT2D eigenvalue weighted by atomic mass is 79.9. The van der Waals surface area contributed by atoms with E-state index in [9.17, 15) is 23.1 Å². The Kier molecular flexibility index (Phi) is 5.93. The molecule has 0 aliphatic heterocycles. The van der Waals surface area contributed by atoms with Crippen molar-refractivity contribution in [1.82, 2.24) is 4.57 Å². The second-order valence-corrected chi connectivity index (χ2v) is 7.72. The third-order valence-corrected chi connectivity index (χ3v) is 5.44. The Balaban J connectivity index is 2.21. The summed E-state index contributed by atoms with van der Waals surface area (Å²) in [4.78, 5) is 11.8. The van der Waals surface area contributed by atoms with Gasteiger partial charge in [0.2, 0.25) is 0 Å². The van der Waals surface area contributed by atoms with Gasteiger partial charge in [0.1, 0.15) is 5.75 Å². The number of hydrogen-bond acceptors (Lipinski definition) is 2. The Bertz CT molecular complexity index is 1040. The average molecular weight is 470 g/mol. The number of fused-ring (bicyclic) bond motifs is 1. The van der Waals surface area contributed by atoms with Gasteiger partial charge >= 0.3 is 12.1 Å². The zero-order valence-electron chi connectivity index (χ0n) is 15.8. The smallest absolute Gasteiger partial charge is 0.390 e. The third-order valence-electron chi connectivity index (χ3n) is 4.92. The van der Waals surface area contributed by atoms with E-state index < -0.39 is 24.5 Å². The van der Waals surface area contributed by atoms with Crippen LogP contribution < -0.4 is 4.74 Å². The molecule has 3 rings (SSSR count). The third kappa shape index (κ3) is 4.58. The van der Waals surface area contributed by atoms with Crippen LogP contribution in [0.15, 0.2) is 46.9 Å². The molecule has 1 aromatic heterocycles. The first-order valence-electron chi connectivity index (χ1n) is 8.81. The van der Waals surface area contributed by atoms with Crippen molar-refractivity contribution in [2.45, 2.75) is 32.0 Å². The fourth-order valence-electron chi connectivity index (χ4n) is 3.57. The minimum atomic E-state index is -4.60. The highest BCUT2D eigenvalue weighted by molar-refractivity contribution is 9.10. The predicted molar refractivity (Wildman–Crippen MR) is 108 cm³/mol.